The third-order valence-corrected chi connectivity index (χ3v) is 3.98. The second-order valence-corrected chi connectivity index (χ2v) is 6.11. The van der Waals surface area contributed by atoms with Gasteiger partial charge in [0.25, 0.3) is 0 Å². The van der Waals surface area contributed by atoms with Gasteiger partial charge in [0.15, 0.2) is 0 Å². The van der Waals surface area contributed by atoms with Gasteiger partial charge in [-0.3, -0.25) is 0 Å². The van der Waals surface area contributed by atoms with E-state index in [4.69, 9.17) is 16.2 Å². The van der Waals surface area contributed by atoms with Gasteiger partial charge in [-0.25, -0.2) is 4.79 Å². The van der Waals surface area contributed by atoms with Crippen LogP contribution in [-0.2, 0) is 10.2 Å². The zero-order valence-corrected chi connectivity index (χ0v) is 13.7. The van der Waals surface area contributed by atoms with Gasteiger partial charge in [0, 0.05) is 16.9 Å². The van der Waals surface area contributed by atoms with E-state index in [0.29, 0.717) is 23.5 Å². The molecule has 4 N–H and O–H groups in total. The highest BCUT2D eigenvalue weighted by Gasteiger charge is 2.25. The number of unbranched alkanes of at least 4 members (excludes halogenated alkanes) is 2. The van der Waals surface area contributed by atoms with Crippen molar-refractivity contribution in [2.45, 2.75) is 58.8 Å². The van der Waals surface area contributed by atoms with Gasteiger partial charge in [-0.15, -0.1) is 0 Å². The Morgan fingerprint density at radius 3 is 2.19 bits per heavy atom. The molecule has 0 unspecified atom stereocenters. The maximum atomic E-state index is 12.0. The highest BCUT2D eigenvalue weighted by Crippen LogP contribution is 2.36. The molecule has 1 aromatic carbocycles. The third-order valence-electron chi connectivity index (χ3n) is 3.98. The third kappa shape index (κ3) is 4.38. The van der Waals surface area contributed by atoms with Gasteiger partial charge in [0.05, 0.1) is 12.2 Å². The summed E-state index contributed by atoms with van der Waals surface area (Å²) in [6.45, 7) is 8.83. The van der Waals surface area contributed by atoms with E-state index in [-0.39, 0.29) is 11.4 Å². The van der Waals surface area contributed by atoms with Crippen LogP contribution in [0.15, 0.2) is 12.1 Å². The van der Waals surface area contributed by atoms with Crippen molar-refractivity contribution in [2.24, 2.45) is 0 Å². The van der Waals surface area contributed by atoms with Crippen LogP contribution in [0.3, 0.4) is 0 Å². The number of anilines is 2. The van der Waals surface area contributed by atoms with Crippen molar-refractivity contribution in [2.75, 3.05) is 18.1 Å². The minimum absolute atomic E-state index is 0.113. The van der Waals surface area contributed by atoms with Gasteiger partial charge >= 0.3 is 5.97 Å². The first-order chi connectivity index (χ1) is 9.83. The molecule has 0 saturated carbocycles. The van der Waals surface area contributed by atoms with E-state index >= 15 is 0 Å². The summed E-state index contributed by atoms with van der Waals surface area (Å²) in [5.74, 6) is -0.356. The Labute approximate surface area is 127 Å². The number of hydrogen-bond donors (Lipinski definition) is 2. The number of hydrogen-bond acceptors (Lipinski definition) is 4. The van der Waals surface area contributed by atoms with Crippen molar-refractivity contribution >= 4 is 17.3 Å². The van der Waals surface area contributed by atoms with Crippen LogP contribution < -0.4 is 11.5 Å². The maximum Gasteiger partial charge on any atom is 0.338 e. The van der Waals surface area contributed by atoms with Crippen LogP contribution in [0.5, 0.6) is 0 Å². The zero-order chi connectivity index (χ0) is 16.0. The number of rotatable bonds is 7. The predicted molar refractivity (Wildman–Crippen MR) is 88.4 cm³/mol. The molecule has 0 aliphatic heterocycles. The van der Waals surface area contributed by atoms with E-state index < -0.39 is 0 Å². The average molecular weight is 292 g/mol. The SMILES string of the molecule is CCCCCOC(=O)c1cc(N)c(C(C)(C)CC)c(N)c1. The fraction of sp³-hybridized carbons (Fsp3) is 0.588. The van der Waals surface area contributed by atoms with Crippen LogP contribution in [0.25, 0.3) is 0 Å². The molecule has 0 saturated heterocycles. The first-order valence-electron chi connectivity index (χ1n) is 7.70. The monoisotopic (exact) mass is 292 g/mol. The molecule has 0 atom stereocenters. The van der Waals surface area contributed by atoms with E-state index in [1.165, 1.54) is 0 Å². The molecule has 1 rings (SSSR count). The number of nitrogen functional groups attached to an aromatic ring is 2. The fourth-order valence-electron chi connectivity index (χ4n) is 2.36. The minimum Gasteiger partial charge on any atom is -0.462 e. The molecule has 0 bridgehead atoms. The smallest absolute Gasteiger partial charge is 0.338 e. The largest absolute Gasteiger partial charge is 0.462 e. The van der Waals surface area contributed by atoms with Crippen molar-refractivity contribution in [1.29, 1.82) is 0 Å². The van der Waals surface area contributed by atoms with Crippen molar-refractivity contribution < 1.29 is 9.53 Å². The van der Waals surface area contributed by atoms with E-state index in [2.05, 4.69) is 27.7 Å². The Morgan fingerprint density at radius 1 is 1.14 bits per heavy atom. The average Bonchev–Trinajstić information content (AvgIpc) is 2.42. The zero-order valence-electron chi connectivity index (χ0n) is 13.7. The first-order valence-corrected chi connectivity index (χ1v) is 7.70. The van der Waals surface area contributed by atoms with Gasteiger partial charge in [0.1, 0.15) is 0 Å². The summed E-state index contributed by atoms with van der Waals surface area (Å²) in [4.78, 5) is 12.0. The van der Waals surface area contributed by atoms with Crippen LogP contribution in [0.1, 0.15) is 69.3 Å². The van der Waals surface area contributed by atoms with E-state index in [1.54, 1.807) is 12.1 Å². The molecular weight excluding hydrogens is 264 g/mol. The molecule has 118 valence electrons. The van der Waals surface area contributed by atoms with Crippen molar-refractivity contribution in [3.8, 4) is 0 Å². The standard InChI is InChI=1S/C17H28N2O2/c1-5-7-8-9-21-16(20)12-10-13(18)15(14(19)11-12)17(3,4)6-2/h10-11H,5-9,18-19H2,1-4H3. The molecular formula is C17H28N2O2. The molecule has 0 aliphatic rings. The van der Waals surface area contributed by atoms with E-state index in [0.717, 1.165) is 31.2 Å². The lowest BCUT2D eigenvalue weighted by atomic mass is 9.80. The molecule has 21 heavy (non-hydrogen) atoms. The van der Waals surface area contributed by atoms with Crippen LogP contribution in [0.2, 0.25) is 0 Å². The molecule has 0 heterocycles. The molecule has 1 aromatic rings. The Kier molecular flexibility index (Phi) is 6.06. The fourth-order valence-corrected chi connectivity index (χ4v) is 2.36. The van der Waals surface area contributed by atoms with E-state index in [9.17, 15) is 4.79 Å². The van der Waals surface area contributed by atoms with Crippen molar-refractivity contribution in [3.63, 3.8) is 0 Å². The van der Waals surface area contributed by atoms with Gasteiger partial charge in [-0.1, -0.05) is 40.5 Å². The summed E-state index contributed by atoms with van der Waals surface area (Å²) in [5.41, 5.74) is 14.6. The normalized spacial score (nSPS) is 11.4. The summed E-state index contributed by atoms with van der Waals surface area (Å²) in [6.07, 6.45) is 3.95. The predicted octanol–water partition coefficient (Wildman–Crippen LogP) is 3.89. The molecule has 0 spiro atoms. The highest BCUT2D eigenvalue weighted by molar-refractivity contribution is 5.92. The Balaban J connectivity index is 2.90. The van der Waals surface area contributed by atoms with Crippen LogP contribution in [0.4, 0.5) is 11.4 Å². The Bertz CT molecular complexity index is 473. The van der Waals surface area contributed by atoms with Crippen LogP contribution >= 0.6 is 0 Å². The van der Waals surface area contributed by atoms with E-state index in [1.807, 2.05) is 0 Å². The summed E-state index contributed by atoms with van der Waals surface area (Å²) in [7, 11) is 0. The summed E-state index contributed by atoms with van der Waals surface area (Å²) < 4.78 is 5.24. The Hall–Kier alpha value is -1.71. The number of ether oxygens (including phenoxy) is 1. The summed E-state index contributed by atoms with van der Waals surface area (Å²) in [5, 5.41) is 0. The van der Waals surface area contributed by atoms with Crippen molar-refractivity contribution in [1.82, 2.24) is 0 Å². The molecule has 4 nitrogen and oxygen atoms in total. The number of carbonyl (C=O) groups is 1. The number of carbonyl (C=O) groups excluding carboxylic acids is 1. The second-order valence-electron chi connectivity index (χ2n) is 6.11. The molecule has 0 fully saturated rings. The minimum atomic E-state index is -0.356. The first kappa shape index (κ1) is 17.3. The molecule has 0 amide bonds. The van der Waals surface area contributed by atoms with Gasteiger partial charge in [-0.05, 0) is 30.4 Å². The second kappa shape index (κ2) is 7.34. The quantitative estimate of drug-likeness (QED) is 0.454. The van der Waals surface area contributed by atoms with Gasteiger partial charge < -0.3 is 16.2 Å². The highest BCUT2D eigenvalue weighted by atomic mass is 16.5. The molecule has 0 aliphatic carbocycles. The molecule has 0 radical (unpaired) electrons. The lowest BCUT2D eigenvalue weighted by molar-refractivity contribution is 0.0498. The Morgan fingerprint density at radius 2 is 1.71 bits per heavy atom. The lowest BCUT2D eigenvalue weighted by Gasteiger charge is -2.27. The van der Waals surface area contributed by atoms with Crippen LogP contribution in [-0.4, -0.2) is 12.6 Å². The molecule has 0 aromatic heterocycles. The molecule has 4 heteroatoms. The lowest BCUT2D eigenvalue weighted by Crippen LogP contribution is -2.21. The van der Waals surface area contributed by atoms with Gasteiger partial charge in [-0.2, -0.15) is 0 Å². The topological polar surface area (TPSA) is 78.3 Å². The maximum absolute atomic E-state index is 12.0. The van der Waals surface area contributed by atoms with Crippen LogP contribution in [0, 0.1) is 0 Å². The number of nitrogens with two attached hydrogens (primary N) is 2. The summed E-state index contributed by atoms with van der Waals surface area (Å²) in [6, 6.07) is 3.34. The van der Waals surface area contributed by atoms with Crippen molar-refractivity contribution in [3.05, 3.63) is 23.3 Å². The number of esters is 1. The number of benzene rings is 1. The summed E-state index contributed by atoms with van der Waals surface area (Å²) >= 11 is 0. The van der Waals surface area contributed by atoms with Gasteiger partial charge in [0.2, 0.25) is 0 Å².